The van der Waals surface area contributed by atoms with E-state index in [0.717, 1.165) is 81.1 Å². The Balaban J connectivity index is 1.60. The smallest absolute Gasteiger partial charge is 0.318 e. The largest absolute Gasteiger partial charge is 0.487 e. The summed E-state index contributed by atoms with van der Waals surface area (Å²) in [6.07, 6.45) is 16.0. The standard InChI is InChI=1S/C30H42O4S/c1-5-6-7-11-23-18-26-28(24-17-21(2)12-13-25(24)29(3,4)33-26)27(19-23)34-35(31,32)30-15-9-8-10-22(20-30)14-16-30/h17-20,24-25H,5-16H2,1-4H3/t24-,25-,30?/m1/s1. The molecule has 5 rings (SSSR count). The predicted molar refractivity (Wildman–Crippen MR) is 142 cm³/mol. The molecule has 0 saturated heterocycles. The summed E-state index contributed by atoms with van der Waals surface area (Å²) in [5.74, 6) is 1.72. The lowest BCUT2D eigenvalue weighted by atomic mass is 9.68. The summed E-state index contributed by atoms with van der Waals surface area (Å²) in [6, 6.07) is 4.16. The van der Waals surface area contributed by atoms with Crippen LogP contribution in [-0.2, 0) is 16.5 Å². The average molecular weight is 499 g/mol. The summed E-state index contributed by atoms with van der Waals surface area (Å²) in [5, 5.41) is 0. The van der Waals surface area contributed by atoms with Crippen molar-refractivity contribution < 1.29 is 17.3 Å². The zero-order valence-electron chi connectivity index (χ0n) is 22.0. The Morgan fingerprint density at radius 2 is 1.91 bits per heavy atom. The summed E-state index contributed by atoms with van der Waals surface area (Å²) in [4.78, 5) is 0. The summed E-state index contributed by atoms with van der Waals surface area (Å²) in [5.41, 5.74) is 4.39. The number of hydrogen-bond acceptors (Lipinski definition) is 4. The quantitative estimate of drug-likeness (QED) is 0.219. The van der Waals surface area contributed by atoms with Gasteiger partial charge in [0.2, 0.25) is 0 Å². The summed E-state index contributed by atoms with van der Waals surface area (Å²) >= 11 is 0. The van der Waals surface area contributed by atoms with E-state index in [1.165, 1.54) is 11.1 Å². The second-order valence-electron chi connectivity index (χ2n) is 12.0. The minimum atomic E-state index is -3.84. The van der Waals surface area contributed by atoms with Gasteiger partial charge in [-0.25, -0.2) is 0 Å². The zero-order valence-corrected chi connectivity index (χ0v) is 22.8. The van der Waals surface area contributed by atoms with Gasteiger partial charge in [0, 0.05) is 17.4 Å². The topological polar surface area (TPSA) is 52.6 Å². The molecule has 0 fully saturated rings. The lowest BCUT2D eigenvalue weighted by Crippen LogP contribution is -2.45. The SMILES string of the molecule is CCCCCc1cc2c(c(OS(=O)(=O)C34C=C(CCCC3)CC4)c1)[C@@H]1C=C(C)CC[C@H]1C(C)(C)O2. The van der Waals surface area contributed by atoms with Gasteiger partial charge in [0.1, 0.15) is 21.8 Å². The van der Waals surface area contributed by atoms with Crippen LogP contribution in [0.4, 0.5) is 0 Å². The highest BCUT2D eigenvalue weighted by Gasteiger charge is 2.50. The maximum Gasteiger partial charge on any atom is 0.318 e. The van der Waals surface area contributed by atoms with Gasteiger partial charge in [-0.05, 0) is 96.3 Å². The van der Waals surface area contributed by atoms with E-state index in [-0.39, 0.29) is 11.5 Å². The Morgan fingerprint density at radius 1 is 1.09 bits per heavy atom. The van der Waals surface area contributed by atoms with Gasteiger partial charge in [-0.3, -0.25) is 0 Å². The molecule has 192 valence electrons. The van der Waals surface area contributed by atoms with E-state index < -0.39 is 14.9 Å². The first kappa shape index (κ1) is 24.9. The highest BCUT2D eigenvalue weighted by molar-refractivity contribution is 7.88. The second-order valence-corrected chi connectivity index (χ2v) is 13.9. The molecule has 0 spiro atoms. The molecule has 35 heavy (non-hydrogen) atoms. The van der Waals surface area contributed by atoms with Crippen LogP contribution in [0.3, 0.4) is 0 Å². The highest BCUT2D eigenvalue weighted by atomic mass is 32.2. The lowest BCUT2D eigenvalue weighted by Gasteiger charge is -2.46. The normalized spacial score (nSPS) is 29.3. The Morgan fingerprint density at radius 3 is 2.71 bits per heavy atom. The Bertz CT molecular complexity index is 1140. The molecule has 3 atom stereocenters. The predicted octanol–water partition coefficient (Wildman–Crippen LogP) is 7.77. The van der Waals surface area contributed by atoms with Crippen LogP contribution >= 0.6 is 0 Å². The molecule has 2 bridgehead atoms. The number of unbranched alkanes of at least 4 members (excludes halogenated alkanes) is 2. The fourth-order valence-corrected chi connectivity index (χ4v) is 8.53. The van der Waals surface area contributed by atoms with Crippen LogP contribution in [0.25, 0.3) is 0 Å². The van der Waals surface area contributed by atoms with Crippen LogP contribution in [0.2, 0.25) is 0 Å². The summed E-state index contributed by atoms with van der Waals surface area (Å²) < 4.78 is 39.9. The maximum absolute atomic E-state index is 14.0. The Labute approximate surface area is 212 Å². The summed E-state index contributed by atoms with van der Waals surface area (Å²) in [6.45, 7) is 8.74. The van der Waals surface area contributed by atoms with Crippen molar-refractivity contribution in [3.63, 3.8) is 0 Å². The highest BCUT2D eigenvalue weighted by Crippen LogP contribution is 2.54. The molecule has 1 aromatic rings. The van der Waals surface area contributed by atoms with Crippen molar-refractivity contribution in [1.29, 1.82) is 0 Å². The van der Waals surface area contributed by atoms with Crippen molar-refractivity contribution in [3.8, 4) is 11.5 Å². The van der Waals surface area contributed by atoms with Crippen molar-refractivity contribution in [2.45, 2.75) is 121 Å². The first-order chi connectivity index (χ1) is 16.6. The maximum atomic E-state index is 14.0. The first-order valence-electron chi connectivity index (χ1n) is 13.8. The molecule has 1 unspecified atom stereocenters. The van der Waals surface area contributed by atoms with Gasteiger partial charge in [-0.1, -0.05) is 49.5 Å². The number of rotatable bonds is 7. The molecule has 4 aliphatic rings. The van der Waals surface area contributed by atoms with Gasteiger partial charge in [-0.2, -0.15) is 8.42 Å². The van der Waals surface area contributed by atoms with E-state index in [1.54, 1.807) is 0 Å². The first-order valence-corrected chi connectivity index (χ1v) is 15.2. The van der Waals surface area contributed by atoms with Crippen LogP contribution in [0.1, 0.15) is 115 Å². The fraction of sp³-hybridized carbons (Fsp3) is 0.667. The number of hydrogen-bond donors (Lipinski definition) is 0. The summed E-state index contributed by atoms with van der Waals surface area (Å²) in [7, 11) is -3.84. The van der Waals surface area contributed by atoms with Gasteiger partial charge >= 0.3 is 10.1 Å². The van der Waals surface area contributed by atoms with Gasteiger partial charge in [0.25, 0.3) is 0 Å². The monoisotopic (exact) mass is 498 g/mol. The molecule has 0 saturated carbocycles. The van der Waals surface area contributed by atoms with Crippen LogP contribution in [-0.4, -0.2) is 18.8 Å². The zero-order chi connectivity index (χ0) is 24.8. The van der Waals surface area contributed by atoms with Gasteiger partial charge < -0.3 is 8.92 Å². The van der Waals surface area contributed by atoms with E-state index in [2.05, 4.69) is 39.8 Å². The molecule has 3 aliphatic carbocycles. The minimum absolute atomic E-state index is 0.110. The third-order valence-corrected chi connectivity index (χ3v) is 10.9. The molecule has 0 aromatic heterocycles. The van der Waals surface area contributed by atoms with Crippen molar-refractivity contribution in [1.82, 2.24) is 0 Å². The van der Waals surface area contributed by atoms with Crippen LogP contribution < -0.4 is 8.92 Å². The average Bonchev–Trinajstić information content (AvgIpc) is 3.07. The molecule has 0 radical (unpaired) electrons. The second kappa shape index (κ2) is 9.28. The molecule has 1 aromatic carbocycles. The minimum Gasteiger partial charge on any atom is -0.487 e. The molecule has 1 heterocycles. The molecule has 5 heteroatoms. The number of fused-ring (bicyclic) bond motifs is 4. The van der Waals surface area contributed by atoms with Crippen molar-refractivity contribution in [3.05, 3.63) is 46.6 Å². The fourth-order valence-electron chi connectivity index (χ4n) is 6.94. The van der Waals surface area contributed by atoms with Gasteiger partial charge in [-0.15, -0.1) is 0 Å². The van der Waals surface area contributed by atoms with E-state index in [9.17, 15) is 8.42 Å². The van der Waals surface area contributed by atoms with E-state index in [0.29, 0.717) is 24.5 Å². The van der Waals surface area contributed by atoms with Crippen molar-refractivity contribution >= 4 is 10.1 Å². The van der Waals surface area contributed by atoms with Crippen molar-refractivity contribution in [2.75, 3.05) is 0 Å². The van der Waals surface area contributed by atoms with Crippen LogP contribution in [0.15, 0.2) is 35.4 Å². The van der Waals surface area contributed by atoms with Crippen molar-refractivity contribution in [2.24, 2.45) is 5.92 Å². The molecular weight excluding hydrogens is 456 g/mol. The lowest BCUT2D eigenvalue weighted by molar-refractivity contribution is 0.0110. The van der Waals surface area contributed by atoms with E-state index in [1.807, 2.05) is 12.1 Å². The molecule has 0 amide bonds. The van der Waals surface area contributed by atoms with E-state index >= 15 is 0 Å². The Hall–Kier alpha value is -1.75. The number of allylic oxidation sites excluding steroid dienone is 3. The van der Waals surface area contributed by atoms with Gasteiger partial charge in [0.05, 0.1) is 0 Å². The van der Waals surface area contributed by atoms with Crippen LogP contribution in [0.5, 0.6) is 11.5 Å². The number of aryl methyl sites for hydroxylation is 1. The molecule has 0 N–H and O–H groups in total. The molecule has 1 aliphatic heterocycles. The number of benzene rings is 1. The van der Waals surface area contributed by atoms with E-state index in [4.69, 9.17) is 8.92 Å². The van der Waals surface area contributed by atoms with Crippen LogP contribution in [0, 0.1) is 5.92 Å². The third kappa shape index (κ3) is 4.58. The number of ether oxygens (including phenoxy) is 1. The molecule has 4 nitrogen and oxygen atoms in total. The molecular formula is C30H42O4S. The Kier molecular flexibility index (Phi) is 6.61. The van der Waals surface area contributed by atoms with Gasteiger partial charge in [0.15, 0.2) is 0 Å². The third-order valence-electron chi connectivity index (χ3n) is 8.96.